The van der Waals surface area contributed by atoms with Crippen LogP contribution in [0.25, 0.3) is 10.2 Å². The first-order valence-electron chi connectivity index (χ1n) is 9.09. The first-order chi connectivity index (χ1) is 14.2. The Bertz CT molecular complexity index is 1090. The molecular weight excluding hydrogens is 427 g/mol. The van der Waals surface area contributed by atoms with Gasteiger partial charge < -0.3 is 9.64 Å². The summed E-state index contributed by atoms with van der Waals surface area (Å²) >= 11 is 1.03. The molecule has 0 atom stereocenters. The molecule has 1 aliphatic rings. The number of hydrogen-bond acceptors (Lipinski definition) is 4. The number of carbonyl (C=O) groups is 1. The molecule has 1 fully saturated rings. The minimum atomic E-state index is -4.52. The molecule has 0 radical (unpaired) electrons. The van der Waals surface area contributed by atoms with Crippen LogP contribution in [0, 0.1) is 11.6 Å². The lowest BCUT2D eigenvalue weighted by molar-refractivity contribution is -0.137. The van der Waals surface area contributed by atoms with Crippen LogP contribution in [0.2, 0.25) is 0 Å². The molecule has 4 rings (SSSR count). The number of amides is 1. The molecule has 0 bridgehead atoms. The second kappa shape index (κ2) is 7.82. The average Bonchev–Trinajstić information content (AvgIpc) is 3.10. The molecule has 1 aliphatic heterocycles. The van der Waals surface area contributed by atoms with Crippen molar-refractivity contribution in [1.82, 2.24) is 9.88 Å². The second-order valence-electron chi connectivity index (χ2n) is 6.90. The number of fused-ring (bicyclic) bond motifs is 1. The smallest absolute Gasteiger partial charge is 0.416 e. The van der Waals surface area contributed by atoms with Crippen molar-refractivity contribution in [2.24, 2.45) is 0 Å². The summed E-state index contributed by atoms with van der Waals surface area (Å²) in [5.41, 5.74) is -0.854. The lowest BCUT2D eigenvalue weighted by Crippen LogP contribution is -2.41. The normalized spacial score (nSPS) is 15.6. The number of carbonyl (C=O) groups excluding carboxylic acids is 1. The number of hydrogen-bond donors (Lipinski definition) is 0. The Labute approximate surface area is 171 Å². The van der Waals surface area contributed by atoms with E-state index in [0.717, 1.165) is 29.5 Å². The molecule has 10 heteroatoms. The SMILES string of the molecule is O=C(c1cccc(C(F)(F)F)c1)N1CCC(Oc2nc3c(F)cc(F)cc3s2)CC1. The number of rotatable bonds is 3. The lowest BCUT2D eigenvalue weighted by atomic mass is 10.0. The van der Waals surface area contributed by atoms with Crippen LogP contribution in [0.5, 0.6) is 5.19 Å². The quantitative estimate of drug-likeness (QED) is 0.519. The molecule has 0 N–H and O–H groups in total. The van der Waals surface area contributed by atoms with Gasteiger partial charge in [0.05, 0.1) is 10.3 Å². The Hall–Kier alpha value is -2.75. The number of alkyl halides is 3. The van der Waals surface area contributed by atoms with Gasteiger partial charge in [0.1, 0.15) is 17.4 Å². The molecule has 1 saturated heterocycles. The van der Waals surface area contributed by atoms with Crippen molar-refractivity contribution in [3.63, 3.8) is 0 Å². The highest BCUT2D eigenvalue weighted by Gasteiger charge is 2.32. The molecule has 3 aromatic rings. The summed E-state index contributed by atoms with van der Waals surface area (Å²) < 4.78 is 71.8. The van der Waals surface area contributed by atoms with Crippen molar-refractivity contribution in [1.29, 1.82) is 0 Å². The minimum Gasteiger partial charge on any atom is -0.467 e. The van der Waals surface area contributed by atoms with Crippen LogP contribution in [-0.4, -0.2) is 35.0 Å². The second-order valence-corrected chi connectivity index (χ2v) is 7.90. The van der Waals surface area contributed by atoms with Gasteiger partial charge in [-0.3, -0.25) is 4.79 Å². The van der Waals surface area contributed by atoms with Gasteiger partial charge in [-0.2, -0.15) is 18.2 Å². The first kappa shape index (κ1) is 20.5. The predicted octanol–water partition coefficient (Wildman–Crippen LogP) is 5.28. The Morgan fingerprint density at radius 1 is 1.13 bits per heavy atom. The number of likely N-dealkylation sites (tertiary alicyclic amines) is 1. The van der Waals surface area contributed by atoms with E-state index in [1.807, 2.05) is 0 Å². The van der Waals surface area contributed by atoms with E-state index in [1.165, 1.54) is 23.1 Å². The van der Waals surface area contributed by atoms with E-state index in [0.29, 0.717) is 30.6 Å². The lowest BCUT2D eigenvalue weighted by Gasteiger charge is -2.31. The Morgan fingerprint density at radius 3 is 2.57 bits per heavy atom. The van der Waals surface area contributed by atoms with Gasteiger partial charge in [-0.05, 0) is 24.3 Å². The van der Waals surface area contributed by atoms with Crippen molar-refractivity contribution in [2.75, 3.05) is 13.1 Å². The number of ether oxygens (including phenoxy) is 1. The Balaban J connectivity index is 1.39. The topological polar surface area (TPSA) is 42.4 Å². The van der Waals surface area contributed by atoms with Crippen LogP contribution in [0.3, 0.4) is 0 Å². The number of thiazole rings is 1. The maximum absolute atomic E-state index is 13.8. The van der Waals surface area contributed by atoms with Gasteiger partial charge in [0, 0.05) is 37.6 Å². The predicted molar refractivity (Wildman–Crippen MR) is 101 cm³/mol. The molecule has 158 valence electrons. The number of halogens is 5. The molecule has 0 unspecified atom stereocenters. The van der Waals surface area contributed by atoms with E-state index in [1.54, 1.807) is 0 Å². The Kier molecular flexibility index (Phi) is 5.35. The maximum Gasteiger partial charge on any atom is 0.416 e. The number of benzene rings is 2. The fourth-order valence-electron chi connectivity index (χ4n) is 3.32. The van der Waals surface area contributed by atoms with Crippen LogP contribution >= 0.6 is 11.3 Å². The fraction of sp³-hybridized carbons (Fsp3) is 0.300. The molecule has 2 heterocycles. The monoisotopic (exact) mass is 442 g/mol. The highest BCUT2D eigenvalue weighted by atomic mass is 32.1. The van der Waals surface area contributed by atoms with Crippen molar-refractivity contribution in [3.8, 4) is 5.19 Å². The number of aromatic nitrogens is 1. The van der Waals surface area contributed by atoms with Gasteiger partial charge in [-0.1, -0.05) is 17.4 Å². The summed E-state index contributed by atoms with van der Waals surface area (Å²) in [6.07, 6.45) is -3.92. The molecule has 2 aromatic carbocycles. The standard InChI is InChI=1S/C20H15F5N2O2S/c21-13-9-15(22)17-16(10-13)30-19(26-17)29-14-4-6-27(7-5-14)18(28)11-2-1-3-12(8-11)20(23,24)25/h1-3,8-10,14H,4-7H2. The summed E-state index contributed by atoms with van der Waals surface area (Å²) in [5.74, 6) is -1.94. The molecule has 1 aromatic heterocycles. The zero-order valence-electron chi connectivity index (χ0n) is 15.4. The van der Waals surface area contributed by atoms with E-state index >= 15 is 0 Å². The fourth-order valence-corrected chi connectivity index (χ4v) is 4.24. The third-order valence-electron chi connectivity index (χ3n) is 4.83. The average molecular weight is 442 g/mol. The summed E-state index contributed by atoms with van der Waals surface area (Å²) in [6.45, 7) is 0.598. The molecule has 30 heavy (non-hydrogen) atoms. The number of nitrogens with zero attached hydrogens (tertiary/aromatic N) is 2. The summed E-state index contributed by atoms with van der Waals surface area (Å²) in [5, 5.41) is 0.206. The van der Waals surface area contributed by atoms with E-state index in [4.69, 9.17) is 4.74 Å². The largest absolute Gasteiger partial charge is 0.467 e. The molecule has 0 saturated carbocycles. The summed E-state index contributed by atoms with van der Waals surface area (Å²) in [4.78, 5) is 18.1. The van der Waals surface area contributed by atoms with E-state index in [2.05, 4.69) is 4.98 Å². The van der Waals surface area contributed by atoms with Gasteiger partial charge in [0.2, 0.25) is 0 Å². The van der Waals surface area contributed by atoms with Crippen LogP contribution in [0.1, 0.15) is 28.8 Å². The third-order valence-corrected chi connectivity index (χ3v) is 5.72. The first-order valence-corrected chi connectivity index (χ1v) is 9.91. The van der Waals surface area contributed by atoms with Crippen molar-refractivity contribution in [3.05, 3.63) is 59.2 Å². The summed E-state index contributed by atoms with van der Waals surface area (Å²) in [7, 11) is 0. The molecule has 1 amide bonds. The highest BCUT2D eigenvalue weighted by Crippen LogP contribution is 2.32. The van der Waals surface area contributed by atoms with Crippen molar-refractivity contribution < 1.29 is 31.5 Å². The minimum absolute atomic E-state index is 0.0205. The zero-order chi connectivity index (χ0) is 21.5. The van der Waals surface area contributed by atoms with E-state index < -0.39 is 29.3 Å². The molecular formula is C20H15F5N2O2S. The maximum atomic E-state index is 13.8. The van der Waals surface area contributed by atoms with Gasteiger partial charge in [0.25, 0.3) is 11.1 Å². The van der Waals surface area contributed by atoms with Crippen molar-refractivity contribution >= 4 is 27.5 Å². The van der Waals surface area contributed by atoms with Crippen LogP contribution in [0.15, 0.2) is 36.4 Å². The molecule has 0 aliphatic carbocycles. The molecule has 0 spiro atoms. The van der Waals surface area contributed by atoms with Gasteiger partial charge in [-0.25, -0.2) is 8.78 Å². The summed E-state index contributed by atoms with van der Waals surface area (Å²) in [6, 6.07) is 6.27. The van der Waals surface area contributed by atoms with Crippen molar-refractivity contribution in [2.45, 2.75) is 25.1 Å². The van der Waals surface area contributed by atoms with Crippen LogP contribution in [0.4, 0.5) is 22.0 Å². The highest BCUT2D eigenvalue weighted by molar-refractivity contribution is 7.20. The van der Waals surface area contributed by atoms with E-state index in [-0.39, 0.29) is 22.4 Å². The third kappa shape index (κ3) is 4.23. The molecule has 4 nitrogen and oxygen atoms in total. The van der Waals surface area contributed by atoms with Gasteiger partial charge >= 0.3 is 6.18 Å². The van der Waals surface area contributed by atoms with E-state index in [9.17, 15) is 26.7 Å². The number of piperidine rings is 1. The Morgan fingerprint density at radius 2 is 1.87 bits per heavy atom. The zero-order valence-corrected chi connectivity index (χ0v) is 16.2. The van der Waals surface area contributed by atoms with Crippen LogP contribution < -0.4 is 4.74 Å². The van der Waals surface area contributed by atoms with Crippen LogP contribution in [-0.2, 0) is 6.18 Å². The van der Waals surface area contributed by atoms with Gasteiger partial charge in [0.15, 0.2) is 5.82 Å². The van der Waals surface area contributed by atoms with Gasteiger partial charge in [-0.15, -0.1) is 0 Å².